The molecule has 1 N–H and O–H groups in total. The highest BCUT2D eigenvalue weighted by Gasteiger charge is 2.28. The van der Waals surface area contributed by atoms with Gasteiger partial charge in [-0.05, 0) is 49.7 Å². The van der Waals surface area contributed by atoms with Crippen LogP contribution >= 0.6 is 11.3 Å². The van der Waals surface area contributed by atoms with Crippen molar-refractivity contribution >= 4 is 27.2 Å². The first-order chi connectivity index (χ1) is 14.2. The van der Waals surface area contributed by atoms with Crippen LogP contribution in [0.5, 0.6) is 0 Å². The third-order valence-electron chi connectivity index (χ3n) is 5.93. The molecule has 0 radical (unpaired) electrons. The Kier molecular flexibility index (Phi) is 5.26. The zero-order chi connectivity index (χ0) is 19.8. The van der Waals surface area contributed by atoms with Crippen molar-refractivity contribution in [3.8, 4) is 0 Å². The van der Waals surface area contributed by atoms with Crippen LogP contribution in [0.15, 0.2) is 48.5 Å². The number of piperidine rings is 1. The second-order valence-corrected chi connectivity index (χ2v) is 9.25. The van der Waals surface area contributed by atoms with E-state index in [0.717, 1.165) is 47.7 Å². The molecule has 5 nitrogen and oxygen atoms in total. The maximum Gasteiger partial charge on any atom is 0.134 e. The third kappa shape index (κ3) is 4.03. The highest BCUT2D eigenvalue weighted by molar-refractivity contribution is 7.18. The number of β-amino-alcohol motifs (C(OH)–C–C–N with tert-alkyl or cyclic N) is 1. The highest BCUT2D eigenvalue weighted by atomic mass is 32.1. The van der Waals surface area contributed by atoms with E-state index in [0.29, 0.717) is 13.1 Å². The van der Waals surface area contributed by atoms with E-state index >= 15 is 0 Å². The standard InChI is InChI=1S/C23H27N3O2S/c1-25-11-9-19(10-12-25)28-22(23-24-20-7-2-3-8-21(20)29-23)16-5-4-6-17(13-16)26-14-18(27)15-26/h2-8,13,18-19,22,27H,9-12,14-15H2,1H3. The number of hydrogen-bond acceptors (Lipinski definition) is 6. The molecule has 152 valence electrons. The number of anilines is 1. The summed E-state index contributed by atoms with van der Waals surface area (Å²) in [5.74, 6) is 0. The summed E-state index contributed by atoms with van der Waals surface area (Å²) in [4.78, 5) is 9.49. The molecule has 2 aliphatic heterocycles. The van der Waals surface area contributed by atoms with Crippen LogP contribution in [-0.4, -0.2) is 60.4 Å². The summed E-state index contributed by atoms with van der Waals surface area (Å²) in [6.07, 6.45) is 1.98. The average molecular weight is 410 g/mol. The van der Waals surface area contributed by atoms with Crippen LogP contribution < -0.4 is 4.90 Å². The van der Waals surface area contributed by atoms with Gasteiger partial charge in [-0.3, -0.25) is 0 Å². The number of para-hydroxylation sites is 1. The van der Waals surface area contributed by atoms with Crippen molar-refractivity contribution in [2.75, 3.05) is 38.1 Å². The summed E-state index contributed by atoms with van der Waals surface area (Å²) in [6.45, 7) is 3.54. The van der Waals surface area contributed by atoms with Crippen molar-refractivity contribution in [2.24, 2.45) is 0 Å². The number of aromatic nitrogens is 1. The fraction of sp³-hybridized carbons (Fsp3) is 0.435. The summed E-state index contributed by atoms with van der Waals surface area (Å²) in [5.41, 5.74) is 3.32. The van der Waals surface area contributed by atoms with Crippen LogP contribution in [0.4, 0.5) is 5.69 Å². The number of thiazole rings is 1. The Morgan fingerprint density at radius 1 is 1.10 bits per heavy atom. The van der Waals surface area contributed by atoms with Gasteiger partial charge in [-0.1, -0.05) is 24.3 Å². The molecule has 2 aromatic carbocycles. The first-order valence-electron chi connectivity index (χ1n) is 10.4. The lowest BCUT2D eigenvalue weighted by molar-refractivity contribution is -0.0234. The van der Waals surface area contributed by atoms with E-state index in [1.54, 1.807) is 11.3 Å². The smallest absolute Gasteiger partial charge is 0.134 e. The Hall–Kier alpha value is -1.99. The topological polar surface area (TPSA) is 48.8 Å². The number of benzene rings is 2. The average Bonchev–Trinajstić information content (AvgIpc) is 3.15. The maximum absolute atomic E-state index is 9.68. The zero-order valence-electron chi connectivity index (χ0n) is 16.7. The number of aliphatic hydroxyl groups excluding tert-OH is 1. The Morgan fingerprint density at radius 3 is 2.66 bits per heavy atom. The molecule has 5 rings (SSSR count). The first-order valence-corrected chi connectivity index (χ1v) is 11.2. The van der Waals surface area contributed by atoms with Gasteiger partial charge >= 0.3 is 0 Å². The SMILES string of the molecule is CN1CCC(OC(c2cccc(N3CC(O)C3)c2)c2nc3ccccc3s2)CC1. The van der Waals surface area contributed by atoms with Crippen LogP contribution in [0.25, 0.3) is 10.2 Å². The van der Waals surface area contributed by atoms with E-state index < -0.39 is 0 Å². The van der Waals surface area contributed by atoms with Gasteiger partial charge in [0.15, 0.2) is 0 Å². The van der Waals surface area contributed by atoms with Crippen molar-refractivity contribution < 1.29 is 9.84 Å². The van der Waals surface area contributed by atoms with Crippen molar-refractivity contribution in [3.63, 3.8) is 0 Å². The van der Waals surface area contributed by atoms with E-state index in [1.807, 2.05) is 6.07 Å². The van der Waals surface area contributed by atoms with Gasteiger partial charge in [-0.25, -0.2) is 4.98 Å². The Labute approximate surface area is 175 Å². The molecule has 3 heterocycles. The molecular weight excluding hydrogens is 382 g/mol. The van der Waals surface area contributed by atoms with Crippen molar-refractivity contribution in [1.82, 2.24) is 9.88 Å². The molecule has 0 aliphatic carbocycles. The van der Waals surface area contributed by atoms with E-state index in [4.69, 9.17) is 9.72 Å². The molecule has 2 saturated heterocycles. The minimum Gasteiger partial charge on any atom is -0.389 e. The maximum atomic E-state index is 9.68. The molecule has 1 unspecified atom stereocenters. The summed E-state index contributed by atoms with van der Waals surface area (Å²) >= 11 is 1.72. The number of aliphatic hydroxyl groups is 1. The van der Waals surface area contributed by atoms with Crippen LogP contribution in [0, 0.1) is 0 Å². The molecule has 2 aliphatic rings. The molecule has 0 amide bonds. The van der Waals surface area contributed by atoms with Gasteiger partial charge < -0.3 is 19.6 Å². The fourth-order valence-electron chi connectivity index (χ4n) is 4.15. The molecule has 1 atom stereocenters. The molecule has 2 fully saturated rings. The Morgan fingerprint density at radius 2 is 1.90 bits per heavy atom. The molecule has 6 heteroatoms. The number of rotatable bonds is 5. The summed E-state index contributed by atoms with van der Waals surface area (Å²) in [6, 6.07) is 16.8. The molecule has 0 bridgehead atoms. The van der Waals surface area contributed by atoms with Crippen LogP contribution in [-0.2, 0) is 4.74 Å². The molecule has 29 heavy (non-hydrogen) atoms. The summed E-state index contributed by atoms with van der Waals surface area (Å²) in [5, 5.41) is 10.7. The van der Waals surface area contributed by atoms with E-state index in [-0.39, 0.29) is 18.3 Å². The molecule has 3 aromatic rings. The van der Waals surface area contributed by atoms with Crippen molar-refractivity contribution in [3.05, 3.63) is 59.1 Å². The number of ether oxygens (including phenoxy) is 1. The number of nitrogens with zero attached hydrogens (tertiary/aromatic N) is 3. The number of fused-ring (bicyclic) bond motifs is 1. The summed E-state index contributed by atoms with van der Waals surface area (Å²) < 4.78 is 7.90. The second kappa shape index (κ2) is 8.03. The van der Waals surface area contributed by atoms with Gasteiger partial charge in [0.25, 0.3) is 0 Å². The third-order valence-corrected chi connectivity index (χ3v) is 7.01. The normalized spacial score (nSPS) is 20.1. The van der Waals surface area contributed by atoms with E-state index in [9.17, 15) is 5.11 Å². The fourth-order valence-corrected chi connectivity index (χ4v) is 5.18. The first kappa shape index (κ1) is 19.0. The van der Waals surface area contributed by atoms with Crippen LogP contribution in [0.2, 0.25) is 0 Å². The lowest BCUT2D eigenvalue weighted by Crippen LogP contribution is -2.50. The molecule has 0 spiro atoms. The monoisotopic (exact) mass is 409 g/mol. The van der Waals surface area contributed by atoms with Crippen molar-refractivity contribution in [1.29, 1.82) is 0 Å². The predicted molar refractivity (Wildman–Crippen MR) is 118 cm³/mol. The second-order valence-electron chi connectivity index (χ2n) is 8.19. The quantitative estimate of drug-likeness (QED) is 0.697. The lowest BCUT2D eigenvalue weighted by atomic mass is 10.0. The van der Waals surface area contributed by atoms with E-state index in [2.05, 4.69) is 59.3 Å². The van der Waals surface area contributed by atoms with Gasteiger partial charge in [-0.2, -0.15) is 0 Å². The number of likely N-dealkylation sites (tertiary alicyclic amines) is 1. The summed E-state index contributed by atoms with van der Waals surface area (Å²) in [7, 11) is 2.17. The number of hydrogen-bond donors (Lipinski definition) is 1. The van der Waals surface area contributed by atoms with Crippen LogP contribution in [0.1, 0.15) is 29.5 Å². The van der Waals surface area contributed by atoms with Crippen molar-refractivity contribution in [2.45, 2.75) is 31.2 Å². The molecule has 0 saturated carbocycles. The van der Waals surface area contributed by atoms with Gasteiger partial charge in [-0.15, -0.1) is 11.3 Å². The Bertz CT molecular complexity index is 944. The lowest BCUT2D eigenvalue weighted by Gasteiger charge is -2.38. The minimum atomic E-state index is -0.214. The largest absolute Gasteiger partial charge is 0.389 e. The van der Waals surface area contributed by atoms with E-state index in [1.165, 1.54) is 4.70 Å². The highest BCUT2D eigenvalue weighted by Crippen LogP contribution is 2.36. The van der Waals surface area contributed by atoms with Crippen LogP contribution in [0.3, 0.4) is 0 Å². The zero-order valence-corrected chi connectivity index (χ0v) is 17.5. The molecular formula is C23H27N3O2S. The van der Waals surface area contributed by atoms with Gasteiger partial charge in [0.2, 0.25) is 0 Å². The predicted octanol–water partition coefficient (Wildman–Crippen LogP) is 3.68. The minimum absolute atomic E-state index is 0.160. The van der Waals surface area contributed by atoms with Gasteiger partial charge in [0.1, 0.15) is 11.1 Å². The van der Waals surface area contributed by atoms with Gasteiger partial charge in [0.05, 0.1) is 22.4 Å². The van der Waals surface area contributed by atoms with Gasteiger partial charge in [0, 0.05) is 31.9 Å². The Balaban J connectivity index is 1.47. The molecule has 1 aromatic heterocycles.